The van der Waals surface area contributed by atoms with Gasteiger partial charge >= 0.3 is 0 Å². The number of amides is 1. The maximum Gasteiger partial charge on any atom is 0.219 e. The summed E-state index contributed by atoms with van der Waals surface area (Å²) in [7, 11) is 0. The predicted molar refractivity (Wildman–Crippen MR) is 76.6 cm³/mol. The molecule has 1 N–H and O–H groups in total. The summed E-state index contributed by atoms with van der Waals surface area (Å²) in [5.74, 6) is 0.548. The summed E-state index contributed by atoms with van der Waals surface area (Å²) < 4.78 is 19.4. The molecule has 0 unspecified atom stereocenters. The Kier molecular flexibility index (Phi) is 3.63. The van der Waals surface area contributed by atoms with Crippen molar-refractivity contribution in [1.82, 2.24) is 14.9 Å². The van der Waals surface area contributed by atoms with Crippen molar-refractivity contribution in [3.8, 4) is 0 Å². The molecule has 21 heavy (non-hydrogen) atoms. The quantitative estimate of drug-likeness (QED) is 0.940. The molecule has 6 heteroatoms. The van der Waals surface area contributed by atoms with Gasteiger partial charge in [0.05, 0.1) is 17.6 Å². The minimum absolute atomic E-state index is 0.110. The monoisotopic (exact) mass is 291 g/mol. The molecule has 0 bridgehead atoms. The molecular weight excluding hydrogens is 273 g/mol. The molecular formula is C15H18FN3O2. The second kappa shape index (κ2) is 5.44. The van der Waals surface area contributed by atoms with Crippen LogP contribution >= 0.6 is 0 Å². The van der Waals surface area contributed by atoms with Crippen molar-refractivity contribution in [3.63, 3.8) is 0 Å². The van der Waals surface area contributed by atoms with Gasteiger partial charge in [-0.05, 0) is 24.6 Å². The average molecular weight is 291 g/mol. The Hall–Kier alpha value is -1.95. The van der Waals surface area contributed by atoms with Crippen LogP contribution in [-0.2, 0) is 16.1 Å². The van der Waals surface area contributed by atoms with Crippen molar-refractivity contribution >= 4 is 16.9 Å². The third-order valence-corrected chi connectivity index (χ3v) is 3.76. The molecule has 2 atom stereocenters. The highest BCUT2D eigenvalue weighted by molar-refractivity contribution is 5.75. The third-order valence-electron chi connectivity index (χ3n) is 3.76. The molecule has 0 saturated carbocycles. The highest BCUT2D eigenvalue weighted by atomic mass is 19.1. The number of carbonyl (C=O) groups is 1. The zero-order valence-electron chi connectivity index (χ0n) is 12.1. The Morgan fingerprint density at radius 3 is 3.05 bits per heavy atom. The number of likely N-dealkylation sites (tertiary alicyclic amines) is 1. The van der Waals surface area contributed by atoms with Crippen molar-refractivity contribution in [2.24, 2.45) is 0 Å². The summed E-state index contributed by atoms with van der Waals surface area (Å²) in [5, 5.41) is 0. The van der Waals surface area contributed by atoms with E-state index < -0.39 is 12.3 Å². The van der Waals surface area contributed by atoms with E-state index >= 15 is 0 Å². The zero-order valence-corrected chi connectivity index (χ0v) is 12.1. The number of rotatable bonds is 3. The Balaban J connectivity index is 1.65. The first kappa shape index (κ1) is 14.0. The standard InChI is InChI=1S/C15H18FN3O2/c1-9-3-4-12-13(5-9)18-15(17-12)8-21-14-7-19(10(2)20)6-11(14)16/h3-5,11,14H,6-8H2,1-2H3,(H,17,18)/t11-,14+/m1/s1. The fourth-order valence-corrected chi connectivity index (χ4v) is 2.58. The number of hydrogen-bond donors (Lipinski definition) is 1. The molecule has 2 heterocycles. The van der Waals surface area contributed by atoms with Crippen LogP contribution in [0.25, 0.3) is 11.0 Å². The fourth-order valence-electron chi connectivity index (χ4n) is 2.58. The topological polar surface area (TPSA) is 58.2 Å². The van der Waals surface area contributed by atoms with Gasteiger partial charge in [-0.25, -0.2) is 9.37 Å². The molecule has 112 valence electrons. The van der Waals surface area contributed by atoms with Gasteiger partial charge in [0.1, 0.15) is 24.7 Å². The van der Waals surface area contributed by atoms with E-state index in [2.05, 4.69) is 9.97 Å². The van der Waals surface area contributed by atoms with Crippen LogP contribution in [0.1, 0.15) is 18.3 Å². The summed E-state index contributed by atoms with van der Waals surface area (Å²) in [4.78, 5) is 20.3. The number of imidazole rings is 1. The fraction of sp³-hybridized carbons (Fsp3) is 0.467. The minimum Gasteiger partial charge on any atom is -0.365 e. The molecule has 1 amide bonds. The van der Waals surface area contributed by atoms with Crippen LogP contribution < -0.4 is 0 Å². The lowest BCUT2D eigenvalue weighted by atomic mass is 10.2. The summed E-state index contributed by atoms with van der Waals surface area (Å²) >= 11 is 0. The first-order valence-electron chi connectivity index (χ1n) is 6.99. The number of nitrogens with zero attached hydrogens (tertiary/aromatic N) is 2. The SMILES string of the molecule is CC(=O)N1C[C@@H](F)[C@@H](OCc2nc3ccc(C)cc3[nH]2)C1. The zero-order chi connectivity index (χ0) is 15.0. The number of nitrogens with one attached hydrogen (secondary N) is 1. The van der Waals surface area contributed by atoms with Gasteiger partial charge in [0.2, 0.25) is 5.91 Å². The summed E-state index contributed by atoms with van der Waals surface area (Å²) in [6.45, 7) is 4.08. The molecule has 1 fully saturated rings. The van der Waals surface area contributed by atoms with Crippen LogP contribution in [0.3, 0.4) is 0 Å². The van der Waals surface area contributed by atoms with E-state index in [1.807, 2.05) is 25.1 Å². The van der Waals surface area contributed by atoms with E-state index in [0.717, 1.165) is 16.6 Å². The Morgan fingerprint density at radius 1 is 1.52 bits per heavy atom. The van der Waals surface area contributed by atoms with Crippen molar-refractivity contribution in [1.29, 1.82) is 0 Å². The summed E-state index contributed by atoms with van der Waals surface area (Å²) in [5.41, 5.74) is 2.96. The third kappa shape index (κ3) is 2.90. The molecule has 0 radical (unpaired) electrons. The number of benzene rings is 1. The number of alkyl halides is 1. The molecule has 1 saturated heterocycles. The van der Waals surface area contributed by atoms with Gasteiger partial charge < -0.3 is 14.6 Å². The number of ether oxygens (including phenoxy) is 1. The molecule has 1 aliphatic rings. The second-order valence-electron chi connectivity index (χ2n) is 5.49. The molecule has 5 nitrogen and oxygen atoms in total. The molecule has 2 aromatic rings. The number of carbonyl (C=O) groups excluding carboxylic acids is 1. The molecule has 1 aromatic carbocycles. The lowest BCUT2D eigenvalue weighted by Gasteiger charge is -2.13. The van der Waals surface area contributed by atoms with Crippen LogP contribution in [-0.4, -0.2) is 46.1 Å². The van der Waals surface area contributed by atoms with Gasteiger partial charge in [0, 0.05) is 13.5 Å². The first-order chi connectivity index (χ1) is 10.0. The minimum atomic E-state index is -1.14. The second-order valence-corrected chi connectivity index (χ2v) is 5.49. The largest absolute Gasteiger partial charge is 0.365 e. The van der Waals surface area contributed by atoms with Gasteiger partial charge in [-0.3, -0.25) is 4.79 Å². The maximum absolute atomic E-state index is 13.8. The van der Waals surface area contributed by atoms with E-state index in [1.165, 1.54) is 11.8 Å². The number of aromatic amines is 1. The van der Waals surface area contributed by atoms with E-state index in [0.29, 0.717) is 12.4 Å². The number of aromatic nitrogens is 2. The smallest absolute Gasteiger partial charge is 0.219 e. The Bertz CT molecular complexity index is 670. The highest BCUT2D eigenvalue weighted by Crippen LogP contribution is 2.19. The summed E-state index contributed by atoms with van der Waals surface area (Å²) in [6.07, 6.45) is -1.72. The number of hydrogen-bond acceptors (Lipinski definition) is 3. The van der Waals surface area contributed by atoms with Gasteiger partial charge in [-0.2, -0.15) is 0 Å². The molecule has 3 rings (SSSR count). The normalized spacial score (nSPS) is 22.1. The Morgan fingerprint density at radius 2 is 2.33 bits per heavy atom. The maximum atomic E-state index is 13.8. The summed E-state index contributed by atoms with van der Waals surface area (Å²) in [6, 6.07) is 5.94. The molecule has 1 aromatic heterocycles. The van der Waals surface area contributed by atoms with Crippen LogP contribution in [0.2, 0.25) is 0 Å². The van der Waals surface area contributed by atoms with Gasteiger partial charge in [0.25, 0.3) is 0 Å². The number of H-pyrrole nitrogens is 1. The van der Waals surface area contributed by atoms with E-state index in [9.17, 15) is 9.18 Å². The number of fused-ring (bicyclic) bond motifs is 1. The van der Waals surface area contributed by atoms with Gasteiger partial charge in [-0.15, -0.1) is 0 Å². The number of halogens is 1. The van der Waals surface area contributed by atoms with Crippen molar-refractivity contribution in [3.05, 3.63) is 29.6 Å². The van der Waals surface area contributed by atoms with Crippen LogP contribution in [0.15, 0.2) is 18.2 Å². The van der Waals surface area contributed by atoms with Gasteiger partial charge in [-0.1, -0.05) is 6.07 Å². The van der Waals surface area contributed by atoms with Crippen molar-refractivity contribution in [2.45, 2.75) is 32.7 Å². The molecule has 0 spiro atoms. The first-order valence-corrected chi connectivity index (χ1v) is 6.99. The van der Waals surface area contributed by atoms with Gasteiger partial charge in [0.15, 0.2) is 0 Å². The predicted octanol–water partition coefficient (Wildman–Crippen LogP) is 1.96. The van der Waals surface area contributed by atoms with Crippen molar-refractivity contribution < 1.29 is 13.9 Å². The average Bonchev–Trinajstić information content (AvgIpc) is 2.99. The lowest BCUT2D eigenvalue weighted by Crippen LogP contribution is -2.27. The van der Waals surface area contributed by atoms with E-state index in [1.54, 1.807) is 0 Å². The van der Waals surface area contributed by atoms with Crippen LogP contribution in [0.4, 0.5) is 4.39 Å². The lowest BCUT2D eigenvalue weighted by molar-refractivity contribution is -0.128. The Labute approximate surface area is 122 Å². The van der Waals surface area contributed by atoms with Crippen LogP contribution in [0.5, 0.6) is 0 Å². The number of aryl methyl sites for hydroxylation is 1. The van der Waals surface area contributed by atoms with E-state index in [-0.39, 0.29) is 19.1 Å². The van der Waals surface area contributed by atoms with Crippen LogP contribution in [0, 0.1) is 6.92 Å². The molecule has 1 aliphatic heterocycles. The highest BCUT2D eigenvalue weighted by Gasteiger charge is 2.35. The van der Waals surface area contributed by atoms with Crippen molar-refractivity contribution in [2.75, 3.05) is 13.1 Å². The van der Waals surface area contributed by atoms with E-state index in [4.69, 9.17) is 4.74 Å². The molecule has 0 aliphatic carbocycles.